The average molecular weight is 245 g/mol. The maximum absolute atomic E-state index is 5.22. The van der Waals surface area contributed by atoms with Crippen LogP contribution in [0.1, 0.15) is 13.3 Å². The lowest BCUT2D eigenvalue weighted by atomic mass is 10.2. The van der Waals surface area contributed by atoms with Crippen LogP contribution < -0.4 is 5.32 Å². The first kappa shape index (κ1) is 12.6. The maximum Gasteiger partial charge on any atom is 0.0992 e. The molecule has 0 radical (unpaired) electrons. The molecule has 2 rings (SSSR count). The van der Waals surface area contributed by atoms with Gasteiger partial charge in [0, 0.05) is 25.5 Å². The number of ether oxygens (including phenoxy) is 1. The number of benzene rings is 1. The zero-order valence-corrected chi connectivity index (χ0v) is 10.8. The Bertz CT molecular complexity index is 468. The normalized spacial score (nSPS) is 12.3. The lowest BCUT2D eigenvalue weighted by molar-refractivity contribution is 0.184. The summed E-state index contributed by atoms with van der Waals surface area (Å²) in [4.78, 5) is 4.09. The smallest absolute Gasteiger partial charge is 0.0992 e. The third kappa shape index (κ3) is 2.90. The second-order valence-electron chi connectivity index (χ2n) is 4.19. The van der Waals surface area contributed by atoms with E-state index in [-0.39, 0.29) is 0 Å². The van der Waals surface area contributed by atoms with Gasteiger partial charge in [-0.15, -0.1) is 0 Å². The van der Waals surface area contributed by atoms with Crippen LogP contribution in [0.15, 0.2) is 43.0 Å². The number of para-hydroxylation sites is 2. The maximum atomic E-state index is 5.22. The second kappa shape index (κ2) is 6.21. The molecule has 1 atom stereocenters. The summed E-state index contributed by atoms with van der Waals surface area (Å²) in [6, 6.07) is 8.52. The highest BCUT2D eigenvalue weighted by molar-refractivity contribution is 5.61. The SMILES string of the molecule is CCC(COC)Nc1ccccc1-n1ccnc1. The molecule has 1 N–H and O–H groups in total. The van der Waals surface area contributed by atoms with Crippen LogP contribution in [0.3, 0.4) is 0 Å². The van der Waals surface area contributed by atoms with Crippen molar-refractivity contribution in [2.45, 2.75) is 19.4 Å². The number of rotatable bonds is 6. The van der Waals surface area contributed by atoms with Gasteiger partial charge >= 0.3 is 0 Å². The van der Waals surface area contributed by atoms with E-state index in [0.717, 1.165) is 17.8 Å². The fraction of sp³-hybridized carbons (Fsp3) is 0.357. The topological polar surface area (TPSA) is 39.1 Å². The number of hydrogen-bond donors (Lipinski definition) is 1. The molecule has 4 heteroatoms. The molecule has 96 valence electrons. The summed E-state index contributed by atoms with van der Waals surface area (Å²) in [6.07, 6.45) is 6.55. The van der Waals surface area contributed by atoms with E-state index in [1.165, 1.54) is 0 Å². The Kier molecular flexibility index (Phi) is 4.36. The third-order valence-corrected chi connectivity index (χ3v) is 2.91. The highest BCUT2D eigenvalue weighted by Gasteiger charge is 2.09. The molecule has 4 nitrogen and oxygen atoms in total. The standard InChI is InChI=1S/C14H19N3O/c1-3-12(10-18-2)16-13-6-4-5-7-14(13)17-9-8-15-11-17/h4-9,11-12,16H,3,10H2,1-2H3. The molecular weight excluding hydrogens is 226 g/mol. The molecule has 0 saturated heterocycles. The molecule has 0 spiro atoms. The molecule has 1 heterocycles. The first-order valence-corrected chi connectivity index (χ1v) is 6.18. The van der Waals surface area contributed by atoms with Crippen molar-refractivity contribution >= 4 is 5.69 Å². The molecule has 0 aliphatic carbocycles. The average Bonchev–Trinajstić information content (AvgIpc) is 2.92. The number of imidazole rings is 1. The summed E-state index contributed by atoms with van der Waals surface area (Å²) in [6.45, 7) is 2.85. The van der Waals surface area contributed by atoms with Crippen molar-refractivity contribution in [2.24, 2.45) is 0 Å². The van der Waals surface area contributed by atoms with Gasteiger partial charge in [-0.2, -0.15) is 0 Å². The number of nitrogens with zero attached hydrogens (tertiary/aromatic N) is 2. The zero-order chi connectivity index (χ0) is 12.8. The van der Waals surface area contributed by atoms with E-state index in [2.05, 4.69) is 29.4 Å². The number of anilines is 1. The lowest BCUT2D eigenvalue weighted by Crippen LogP contribution is -2.24. The molecule has 0 aliphatic heterocycles. The van der Waals surface area contributed by atoms with Crippen molar-refractivity contribution in [3.05, 3.63) is 43.0 Å². The van der Waals surface area contributed by atoms with E-state index < -0.39 is 0 Å². The lowest BCUT2D eigenvalue weighted by Gasteiger charge is -2.19. The van der Waals surface area contributed by atoms with Crippen molar-refractivity contribution in [1.82, 2.24) is 9.55 Å². The minimum absolute atomic E-state index is 0.319. The van der Waals surface area contributed by atoms with Gasteiger partial charge in [0.2, 0.25) is 0 Å². The van der Waals surface area contributed by atoms with E-state index in [4.69, 9.17) is 4.74 Å². The van der Waals surface area contributed by atoms with Gasteiger partial charge < -0.3 is 14.6 Å². The molecule has 0 aliphatic rings. The molecule has 1 unspecified atom stereocenters. The highest BCUT2D eigenvalue weighted by atomic mass is 16.5. The van der Waals surface area contributed by atoms with Crippen molar-refractivity contribution < 1.29 is 4.74 Å². The van der Waals surface area contributed by atoms with Crippen molar-refractivity contribution in [1.29, 1.82) is 0 Å². The van der Waals surface area contributed by atoms with Gasteiger partial charge in [-0.25, -0.2) is 4.98 Å². The summed E-state index contributed by atoms with van der Waals surface area (Å²) in [5.74, 6) is 0. The van der Waals surface area contributed by atoms with E-state index in [1.807, 2.05) is 22.9 Å². The van der Waals surface area contributed by atoms with Gasteiger partial charge in [-0.1, -0.05) is 19.1 Å². The van der Waals surface area contributed by atoms with Gasteiger partial charge in [0.1, 0.15) is 0 Å². The van der Waals surface area contributed by atoms with Crippen LogP contribution in [0.2, 0.25) is 0 Å². The molecule has 1 aromatic carbocycles. The molecule has 18 heavy (non-hydrogen) atoms. The Labute approximate surface area is 108 Å². The van der Waals surface area contributed by atoms with Crippen molar-refractivity contribution in [2.75, 3.05) is 19.0 Å². The summed E-state index contributed by atoms with van der Waals surface area (Å²) in [5.41, 5.74) is 2.20. The first-order chi connectivity index (χ1) is 8.85. The monoisotopic (exact) mass is 245 g/mol. The van der Waals surface area contributed by atoms with Crippen LogP contribution in [0.5, 0.6) is 0 Å². The summed E-state index contributed by atoms with van der Waals surface area (Å²) in [5, 5.41) is 3.51. The van der Waals surface area contributed by atoms with Gasteiger partial charge in [0.25, 0.3) is 0 Å². The van der Waals surface area contributed by atoms with Crippen molar-refractivity contribution in [3.8, 4) is 5.69 Å². The van der Waals surface area contributed by atoms with Crippen LogP contribution in [0, 0.1) is 0 Å². The minimum Gasteiger partial charge on any atom is -0.383 e. The fourth-order valence-corrected chi connectivity index (χ4v) is 1.91. The largest absolute Gasteiger partial charge is 0.383 e. The van der Waals surface area contributed by atoms with Gasteiger partial charge in [-0.3, -0.25) is 0 Å². The molecule has 0 amide bonds. The Morgan fingerprint density at radius 1 is 1.39 bits per heavy atom. The first-order valence-electron chi connectivity index (χ1n) is 6.18. The highest BCUT2D eigenvalue weighted by Crippen LogP contribution is 2.20. The van der Waals surface area contributed by atoms with E-state index in [0.29, 0.717) is 12.6 Å². The van der Waals surface area contributed by atoms with Crippen LogP contribution in [0.25, 0.3) is 5.69 Å². The Hall–Kier alpha value is -1.81. The zero-order valence-electron chi connectivity index (χ0n) is 10.8. The van der Waals surface area contributed by atoms with Crippen molar-refractivity contribution in [3.63, 3.8) is 0 Å². The number of nitrogens with one attached hydrogen (secondary N) is 1. The molecule has 0 saturated carbocycles. The van der Waals surface area contributed by atoms with E-state index in [1.54, 1.807) is 19.6 Å². The number of aromatic nitrogens is 2. The van der Waals surface area contributed by atoms with Gasteiger partial charge in [-0.05, 0) is 18.6 Å². The van der Waals surface area contributed by atoms with Crippen LogP contribution in [0.4, 0.5) is 5.69 Å². The second-order valence-corrected chi connectivity index (χ2v) is 4.19. The Balaban J connectivity index is 2.22. The minimum atomic E-state index is 0.319. The van der Waals surface area contributed by atoms with Gasteiger partial charge in [0.05, 0.1) is 24.3 Å². The fourth-order valence-electron chi connectivity index (χ4n) is 1.91. The number of methoxy groups -OCH3 is 1. The predicted molar refractivity (Wildman–Crippen MR) is 73.1 cm³/mol. The summed E-state index contributed by atoms with van der Waals surface area (Å²) < 4.78 is 7.22. The predicted octanol–water partition coefficient (Wildman–Crippen LogP) is 2.71. The molecule has 2 aromatic rings. The Morgan fingerprint density at radius 2 is 2.22 bits per heavy atom. The summed E-state index contributed by atoms with van der Waals surface area (Å²) >= 11 is 0. The van der Waals surface area contributed by atoms with Crippen LogP contribution in [-0.4, -0.2) is 29.3 Å². The molecular formula is C14H19N3O. The molecule has 0 bridgehead atoms. The van der Waals surface area contributed by atoms with E-state index >= 15 is 0 Å². The van der Waals surface area contributed by atoms with E-state index in [9.17, 15) is 0 Å². The van der Waals surface area contributed by atoms with Gasteiger partial charge in [0.15, 0.2) is 0 Å². The Morgan fingerprint density at radius 3 is 2.89 bits per heavy atom. The quantitative estimate of drug-likeness (QED) is 0.850. The molecule has 0 fully saturated rings. The molecule has 1 aromatic heterocycles. The number of hydrogen-bond acceptors (Lipinski definition) is 3. The van der Waals surface area contributed by atoms with Crippen LogP contribution >= 0.6 is 0 Å². The third-order valence-electron chi connectivity index (χ3n) is 2.91. The summed E-state index contributed by atoms with van der Waals surface area (Å²) in [7, 11) is 1.73. The van der Waals surface area contributed by atoms with Crippen LogP contribution in [-0.2, 0) is 4.74 Å².